The van der Waals surface area contributed by atoms with E-state index < -0.39 is 0 Å². The maximum absolute atomic E-state index is 6.06. The maximum atomic E-state index is 6.06. The summed E-state index contributed by atoms with van der Waals surface area (Å²) in [6, 6.07) is 6.85. The number of fused-ring (bicyclic) bond motifs is 1. The number of nitrogens with zero attached hydrogens (tertiary/aromatic N) is 2. The summed E-state index contributed by atoms with van der Waals surface area (Å²) >= 11 is 0. The molecule has 2 aliphatic heterocycles. The van der Waals surface area contributed by atoms with Gasteiger partial charge in [0.05, 0.1) is 0 Å². The normalized spacial score (nSPS) is 23.2. The number of piperidine rings is 1. The molecule has 3 nitrogen and oxygen atoms in total. The molecule has 2 heterocycles. The zero-order chi connectivity index (χ0) is 16.9. The van der Waals surface area contributed by atoms with Crippen molar-refractivity contribution in [3.05, 3.63) is 29.3 Å². The van der Waals surface area contributed by atoms with Gasteiger partial charge in [0.25, 0.3) is 0 Å². The summed E-state index contributed by atoms with van der Waals surface area (Å²) < 4.78 is 6.06. The molecule has 0 N–H and O–H groups in total. The Bertz CT molecular complexity index is 557. The van der Waals surface area contributed by atoms with Crippen LogP contribution < -0.4 is 4.74 Å². The molecule has 2 saturated heterocycles. The number of aryl methyl sites for hydroxylation is 1. The van der Waals surface area contributed by atoms with E-state index in [-0.39, 0.29) is 24.8 Å². The van der Waals surface area contributed by atoms with Crippen LogP contribution in [0.1, 0.15) is 49.7 Å². The second kappa shape index (κ2) is 11.5. The molecule has 1 unspecified atom stereocenters. The van der Waals surface area contributed by atoms with Gasteiger partial charge in [0.15, 0.2) is 0 Å². The zero-order valence-corrected chi connectivity index (χ0v) is 18.2. The molecule has 3 aliphatic rings. The van der Waals surface area contributed by atoms with Gasteiger partial charge in [-0.25, -0.2) is 0 Å². The molecule has 0 spiro atoms. The van der Waals surface area contributed by atoms with Crippen LogP contribution in [0.4, 0.5) is 0 Å². The number of ether oxygens (including phenoxy) is 1. The topological polar surface area (TPSA) is 15.7 Å². The van der Waals surface area contributed by atoms with Crippen LogP contribution >= 0.6 is 24.8 Å². The van der Waals surface area contributed by atoms with Crippen LogP contribution in [-0.2, 0) is 12.8 Å². The lowest BCUT2D eigenvalue weighted by atomic mass is 9.83. The first-order valence-corrected chi connectivity index (χ1v) is 10.6. The van der Waals surface area contributed by atoms with Gasteiger partial charge in [-0.3, -0.25) is 4.90 Å². The Balaban J connectivity index is 0.00000131. The monoisotopic (exact) mass is 414 g/mol. The molecule has 1 aromatic rings. The lowest BCUT2D eigenvalue weighted by Crippen LogP contribution is -2.33. The summed E-state index contributed by atoms with van der Waals surface area (Å²) in [5.74, 6) is 1.94. The summed E-state index contributed by atoms with van der Waals surface area (Å²) in [4.78, 5) is 5.22. The quantitative estimate of drug-likeness (QED) is 0.676. The van der Waals surface area contributed by atoms with Crippen molar-refractivity contribution in [2.75, 3.05) is 45.9 Å². The highest BCUT2D eigenvalue weighted by Crippen LogP contribution is 2.29. The van der Waals surface area contributed by atoms with Gasteiger partial charge < -0.3 is 9.64 Å². The third kappa shape index (κ3) is 6.52. The Kier molecular flexibility index (Phi) is 9.72. The minimum atomic E-state index is 0. The van der Waals surface area contributed by atoms with E-state index in [1.54, 1.807) is 5.56 Å². The first-order valence-electron chi connectivity index (χ1n) is 10.6. The molecule has 1 aromatic carbocycles. The van der Waals surface area contributed by atoms with E-state index >= 15 is 0 Å². The van der Waals surface area contributed by atoms with Crippen LogP contribution in [0.2, 0.25) is 0 Å². The average Bonchev–Trinajstić information content (AvgIpc) is 3.16. The average molecular weight is 415 g/mol. The van der Waals surface area contributed by atoms with Crippen molar-refractivity contribution in [3.8, 4) is 5.75 Å². The Morgan fingerprint density at radius 1 is 0.852 bits per heavy atom. The molecule has 0 aromatic heterocycles. The Morgan fingerprint density at radius 3 is 2.33 bits per heavy atom. The smallest absolute Gasteiger partial charge is 0.119 e. The van der Waals surface area contributed by atoms with Crippen molar-refractivity contribution in [3.63, 3.8) is 0 Å². The predicted molar refractivity (Wildman–Crippen MR) is 118 cm³/mol. The first kappa shape index (κ1) is 22.8. The van der Waals surface area contributed by atoms with Crippen LogP contribution in [0.5, 0.6) is 5.75 Å². The minimum Gasteiger partial charge on any atom is -0.492 e. The van der Waals surface area contributed by atoms with Gasteiger partial charge in [-0.05, 0) is 100 Å². The fraction of sp³-hybridized carbons (Fsp3) is 0.727. The van der Waals surface area contributed by atoms with E-state index in [1.807, 2.05) is 0 Å². The molecule has 154 valence electrons. The highest BCUT2D eigenvalue weighted by molar-refractivity contribution is 5.85. The molecular weight excluding hydrogens is 379 g/mol. The van der Waals surface area contributed by atoms with E-state index in [1.165, 1.54) is 89.7 Å². The molecule has 2 fully saturated rings. The largest absolute Gasteiger partial charge is 0.492 e. The second-order valence-corrected chi connectivity index (χ2v) is 8.30. The third-order valence-corrected chi connectivity index (χ3v) is 6.35. The van der Waals surface area contributed by atoms with Crippen molar-refractivity contribution in [1.29, 1.82) is 0 Å². The molecule has 0 amide bonds. The van der Waals surface area contributed by atoms with Crippen LogP contribution in [0.3, 0.4) is 0 Å². The van der Waals surface area contributed by atoms with E-state index in [4.69, 9.17) is 4.74 Å². The summed E-state index contributed by atoms with van der Waals surface area (Å²) in [5, 5.41) is 0. The van der Waals surface area contributed by atoms with Crippen LogP contribution in [-0.4, -0.2) is 55.7 Å². The summed E-state index contributed by atoms with van der Waals surface area (Å²) in [5.41, 5.74) is 3.10. The van der Waals surface area contributed by atoms with E-state index in [0.29, 0.717) is 0 Å². The van der Waals surface area contributed by atoms with E-state index in [0.717, 1.165) is 24.8 Å². The van der Waals surface area contributed by atoms with Gasteiger partial charge in [0.2, 0.25) is 0 Å². The molecule has 0 radical (unpaired) electrons. The zero-order valence-electron chi connectivity index (χ0n) is 16.5. The second-order valence-electron chi connectivity index (χ2n) is 8.30. The van der Waals surface area contributed by atoms with Gasteiger partial charge in [-0.1, -0.05) is 12.5 Å². The van der Waals surface area contributed by atoms with Crippen LogP contribution in [0, 0.1) is 5.92 Å². The van der Waals surface area contributed by atoms with Gasteiger partial charge in [-0.2, -0.15) is 0 Å². The van der Waals surface area contributed by atoms with Gasteiger partial charge in [-0.15, -0.1) is 24.8 Å². The molecule has 27 heavy (non-hydrogen) atoms. The SMILES string of the molecule is Cl.Cl.c1cc2c(cc1OCCN1CCCCC1)CCC(CN1CCCC1)C2. The lowest BCUT2D eigenvalue weighted by Gasteiger charge is -2.29. The van der Waals surface area contributed by atoms with E-state index in [9.17, 15) is 0 Å². The van der Waals surface area contributed by atoms with Crippen molar-refractivity contribution < 1.29 is 4.74 Å². The van der Waals surface area contributed by atoms with Crippen molar-refractivity contribution in [2.45, 2.75) is 51.4 Å². The molecule has 0 saturated carbocycles. The molecule has 4 rings (SSSR count). The van der Waals surface area contributed by atoms with Crippen molar-refractivity contribution in [1.82, 2.24) is 9.80 Å². The lowest BCUT2D eigenvalue weighted by molar-refractivity contribution is 0.183. The van der Waals surface area contributed by atoms with E-state index in [2.05, 4.69) is 28.0 Å². The maximum Gasteiger partial charge on any atom is 0.119 e. The van der Waals surface area contributed by atoms with Gasteiger partial charge in [0.1, 0.15) is 12.4 Å². The third-order valence-electron chi connectivity index (χ3n) is 6.35. The summed E-state index contributed by atoms with van der Waals surface area (Å²) in [7, 11) is 0. The van der Waals surface area contributed by atoms with Crippen molar-refractivity contribution in [2.24, 2.45) is 5.92 Å². The van der Waals surface area contributed by atoms with Crippen molar-refractivity contribution >= 4 is 24.8 Å². The standard InChI is InChI=1S/C22H34N2O.2ClH/c1-2-10-23(11-3-1)14-15-25-22-9-8-20-16-19(6-7-21(20)17-22)18-24-12-4-5-13-24;;/h8-9,17,19H,1-7,10-16,18H2;2*1H. The number of rotatable bonds is 6. The predicted octanol–water partition coefficient (Wildman–Crippen LogP) is 4.60. The summed E-state index contributed by atoms with van der Waals surface area (Å²) in [6.45, 7) is 8.39. The number of hydrogen-bond acceptors (Lipinski definition) is 3. The number of hydrogen-bond donors (Lipinski definition) is 0. The number of likely N-dealkylation sites (tertiary alicyclic amines) is 2. The molecule has 1 atom stereocenters. The van der Waals surface area contributed by atoms with Gasteiger partial charge >= 0.3 is 0 Å². The fourth-order valence-corrected chi connectivity index (χ4v) is 4.86. The Hall–Kier alpha value is -0.480. The molecule has 5 heteroatoms. The fourth-order valence-electron chi connectivity index (χ4n) is 4.86. The number of halogens is 2. The Morgan fingerprint density at radius 2 is 1.56 bits per heavy atom. The molecule has 1 aliphatic carbocycles. The minimum absolute atomic E-state index is 0. The molecule has 0 bridgehead atoms. The van der Waals surface area contributed by atoms with Gasteiger partial charge in [0, 0.05) is 13.1 Å². The summed E-state index contributed by atoms with van der Waals surface area (Å²) in [6.07, 6.45) is 10.8. The highest BCUT2D eigenvalue weighted by Gasteiger charge is 2.22. The van der Waals surface area contributed by atoms with Crippen LogP contribution in [0.25, 0.3) is 0 Å². The first-order chi connectivity index (χ1) is 12.4. The highest BCUT2D eigenvalue weighted by atomic mass is 35.5. The van der Waals surface area contributed by atoms with Crippen LogP contribution in [0.15, 0.2) is 18.2 Å². The molecular formula is C22H36Cl2N2O. The Labute approximate surface area is 177 Å². The number of benzene rings is 1.